The Morgan fingerprint density at radius 2 is 1.63 bits per heavy atom. The number of halogens is 3. The summed E-state index contributed by atoms with van der Waals surface area (Å²) in [6, 6.07) is 9.11. The molecule has 146 valence electrons. The van der Waals surface area contributed by atoms with Gasteiger partial charge in [0.2, 0.25) is 0 Å². The number of rotatable bonds is 6. The highest BCUT2D eigenvalue weighted by Gasteiger charge is 2.30. The van der Waals surface area contributed by atoms with Gasteiger partial charge in [0.15, 0.2) is 0 Å². The van der Waals surface area contributed by atoms with Crippen molar-refractivity contribution >= 4 is 21.6 Å². The summed E-state index contributed by atoms with van der Waals surface area (Å²) in [5.41, 5.74) is -0.790. The zero-order chi connectivity index (χ0) is 20.2. The number of benzene rings is 2. The van der Waals surface area contributed by atoms with E-state index in [0.717, 1.165) is 12.1 Å². The molecule has 9 heteroatoms. The Bertz CT molecular complexity index is 908. The van der Waals surface area contributed by atoms with Crippen molar-refractivity contribution in [1.29, 1.82) is 0 Å². The van der Waals surface area contributed by atoms with Gasteiger partial charge in [0.1, 0.15) is 0 Å². The molecule has 0 aliphatic heterocycles. The Balaban J connectivity index is 2.27. The standard InChI is InChI=1S/C18H19F3N2O3S/c1-12(2)11-22-17(24)15-5-3-4-6-16(15)23-27(25,26)14-9-7-13(8-10-14)18(19,20)21/h3-10,12,23H,11H2,1-2H3,(H,22,24). The molecule has 2 rings (SSSR count). The fraction of sp³-hybridized carbons (Fsp3) is 0.278. The lowest BCUT2D eigenvalue weighted by Crippen LogP contribution is -2.28. The summed E-state index contributed by atoms with van der Waals surface area (Å²) >= 11 is 0. The van der Waals surface area contributed by atoms with Gasteiger partial charge in [0, 0.05) is 6.54 Å². The zero-order valence-corrected chi connectivity index (χ0v) is 15.5. The van der Waals surface area contributed by atoms with Gasteiger partial charge in [-0.1, -0.05) is 26.0 Å². The summed E-state index contributed by atoms with van der Waals surface area (Å²) < 4.78 is 65.1. The smallest absolute Gasteiger partial charge is 0.352 e. The van der Waals surface area contributed by atoms with Crippen molar-refractivity contribution in [2.75, 3.05) is 11.3 Å². The van der Waals surface area contributed by atoms with Gasteiger partial charge in [-0.05, 0) is 42.3 Å². The van der Waals surface area contributed by atoms with Gasteiger partial charge < -0.3 is 5.32 Å². The van der Waals surface area contributed by atoms with Crippen LogP contribution < -0.4 is 10.0 Å². The Morgan fingerprint density at radius 3 is 2.19 bits per heavy atom. The maximum Gasteiger partial charge on any atom is 0.416 e. The Labute approximate surface area is 155 Å². The SMILES string of the molecule is CC(C)CNC(=O)c1ccccc1NS(=O)(=O)c1ccc(C(F)(F)F)cc1. The van der Waals surface area contributed by atoms with Crippen molar-refractivity contribution in [3.8, 4) is 0 Å². The molecule has 1 amide bonds. The van der Waals surface area contributed by atoms with Crippen molar-refractivity contribution in [1.82, 2.24) is 5.32 Å². The van der Waals surface area contributed by atoms with Gasteiger partial charge >= 0.3 is 6.18 Å². The topological polar surface area (TPSA) is 75.3 Å². The molecule has 0 radical (unpaired) electrons. The van der Waals surface area contributed by atoms with Gasteiger partial charge in [0.05, 0.1) is 21.7 Å². The third kappa shape index (κ3) is 5.46. The molecule has 2 aromatic carbocycles. The zero-order valence-electron chi connectivity index (χ0n) is 14.7. The maximum absolute atomic E-state index is 12.6. The lowest BCUT2D eigenvalue weighted by atomic mass is 10.1. The van der Waals surface area contributed by atoms with E-state index in [4.69, 9.17) is 0 Å². The van der Waals surface area contributed by atoms with Crippen LogP contribution in [0.4, 0.5) is 18.9 Å². The van der Waals surface area contributed by atoms with Crippen LogP contribution in [0, 0.1) is 5.92 Å². The Kier molecular flexibility index (Phi) is 6.15. The van der Waals surface area contributed by atoms with Gasteiger partial charge in [-0.2, -0.15) is 13.2 Å². The molecule has 0 aliphatic rings. The first-order valence-corrected chi connectivity index (χ1v) is 9.56. The van der Waals surface area contributed by atoms with Crippen LogP contribution in [0.25, 0.3) is 0 Å². The molecule has 2 N–H and O–H groups in total. The van der Waals surface area contributed by atoms with Crippen molar-refractivity contribution in [2.24, 2.45) is 5.92 Å². The van der Waals surface area contributed by atoms with Crippen molar-refractivity contribution in [3.63, 3.8) is 0 Å². The largest absolute Gasteiger partial charge is 0.416 e. The fourth-order valence-electron chi connectivity index (χ4n) is 2.19. The molecular weight excluding hydrogens is 381 g/mol. The molecule has 0 saturated heterocycles. The lowest BCUT2D eigenvalue weighted by Gasteiger charge is -2.14. The minimum Gasteiger partial charge on any atom is -0.352 e. The predicted octanol–water partition coefficient (Wildman–Crippen LogP) is 3.89. The number of para-hydroxylation sites is 1. The van der Waals surface area contributed by atoms with E-state index >= 15 is 0 Å². The molecular formula is C18H19F3N2O3S. The summed E-state index contributed by atoms with van der Waals surface area (Å²) in [7, 11) is -4.16. The van der Waals surface area contributed by atoms with Crippen LogP contribution in [0.2, 0.25) is 0 Å². The highest BCUT2D eigenvalue weighted by atomic mass is 32.2. The fourth-order valence-corrected chi connectivity index (χ4v) is 3.27. The second kappa shape index (κ2) is 7.99. The summed E-state index contributed by atoms with van der Waals surface area (Å²) in [6.07, 6.45) is -4.56. The van der Waals surface area contributed by atoms with Crippen LogP contribution in [0.3, 0.4) is 0 Å². The number of amides is 1. The number of sulfonamides is 1. The molecule has 0 spiro atoms. The number of carbonyl (C=O) groups is 1. The van der Waals surface area contributed by atoms with Gasteiger partial charge in [-0.15, -0.1) is 0 Å². The van der Waals surface area contributed by atoms with Crippen molar-refractivity contribution < 1.29 is 26.4 Å². The van der Waals surface area contributed by atoms with Crippen LogP contribution in [0.1, 0.15) is 29.8 Å². The van der Waals surface area contributed by atoms with E-state index in [0.29, 0.717) is 18.7 Å². The van der Waals surface area contributed by atoms with E-state index in [-0.39, 0.29) is 22.1 Å². The average Bonchev–Trinajstić information content (AvgIpc) is 2.59. The third-order valence-electron chi connectivity index (χ3n) is 3.58. The van der Waals surface area contributed by atoms with E-state index in [9.17, 15) is 26.4 Å². The molecule has 0 fully saturated rings. The second-order valence-corrected chi connectivity index (χ2v) is 7.96. The minimum atomic E-state index is -4.56. The summed E-state index contributed by atoms with van der Waals surface area (Å²) in [5.74, 6) is -0.237. The first kappa shape index (κ1) is 20.8. The van der Waals surface area contributed by atoms with Crippen molar-refractivity contribution in [2.45, 2.75) is 24.9 Å². The normalized spacial score (nSPS) is 12.1. The Morgan fingerprint density at radius 1 is 1.04 bits per heavy atom. The molecule has 0 aromatic heterocycles. The second-order valence-electron chi connectivity index (χ2n) is 6.28. The summed E-state index contributed by atoms with van der Waals surface area (Å²) in [6.45, 7) is 4.25. The van der Waals surface area contributed by atoms with Crippen LogP contribution in [0.5, 0.6) is 0 Å². The molecule has 27 heavy (non-hydrogen) atoms. The van der Waals surface area contributed by atoms with Crippen molar-refractivity contribution in [3.05, 3.63) is 59.7 Å². The molecule has 0 unspecified atom stereocenters. The number of carbonyl (C=O) groups excluding carboxylic acids is 1. The molecule has 0 aliphatic carbocycles. The predicted molar refractivity (Wildman–Crippen MR) is 95.9 cm³/mol. The van der Waals surface area contributed by atoms with Gasteiger partial charge in [0.25, 0.3) is 15.9 Å². The number of nitrogens with one attached hydrogen (secondary N) is 2. The van der Waals surface area contributed by atoms with Gasteiger partial charge in [-0.25, -0.2) is 8.42 Å². The lowest BCUT2D eigenvalue weighted by molar-refractivity contribution is -0.137. The highest BCUT2D eigenvalue weighted by molar-refractivity contribution is 7.92. The highest BCUT2D eigenvalue weighted by Crippen LogP contribution is 2.30. The third-order valence-corrected chi connectivity index (χ3v) is 4.96. The van der Waals surface area contributed by atoms with E-state index < -0.39 is 27.7 Å². The molecule has 5 nitrogen and oxygen atoms in total. The number of hydrogen-bond donors (Lipinski definition) is 2. The number of hydrogen-bond acceptors (Lipinski definition) is 3. The number of anilines is 1. The summed E-state index contributed by atoms with van der Waals surface area (Å²) in [4.78, 5) is 11.9. The van der Waals surface area contributed by atoms with Crippen LogP contribution in [0.15, 0.2) is 53.4 Å². The van der Waals surface area contributed by atoms with Crippen LogP contribution in [-0.2, 0) is 16.2 Å². The van der Waals surface area contributed by atoms with E-state index in [1.165, 1.54) is 12.1 Å². The molecule has 0 atom stereocenters. The molecule has 2 aromatic rings. The first-order chi connectivity index (χ1) is 12.5. The van der Waals surface area contributed by atoms with E-state index in [2.05, 4.69) is 10.0 Å². The maximum atomic E-state index is 12.6. The average molecular weight is 400 g/mol. The molecule has 0 heterocycles. The minimum absolute atomic E-state index is 0.0404. The van der Waals surface area contributed by atoms with Crippen LogP contribution >= 0.6 is 0 Å². The van der Waals surface area contributed by atoms with Gasteiger partial charge in [-0.3, -0.25) is 9.52 Å². The molecule has 0 saturated carbocycles. The quantitative estimate of drug-likeness (QED) is 0.773. The Hall–Kier alpha value is -2.55. The monoisotopic (exact) mass is 400 g/mol. The number of alkyl halides is 3. The van der Waals surface area contributed by atoms with E-state index in [1.54, 1.807) is 12.1 Å². The molecule has 0 bridgehead atoms. The van der Waals surface area contributed by atoms with Crippen LogP contribution in [-0.4, -0.2) is 20.9 Å². The van der Waals surface area contributed by atoms with E-state index in [1.807, 2.05) is 13.8 Å². The summed E-state index contributed by atoms with van der Waals surface area (Å²) in [5, 5.41) is 2.69. The first-order valence-electron chi connectivity index (χ1n) is 8.08.